The van der Waals surface area contributed by atoms with Crippen LogP contribution in [-0.4, -0.2) is 28.0 Å². The van der Waals surface area contributed by atoms with Crippen LogP contribution in [0.1, 0.15) is 33.6 Å². The number of ether oxygens (including phenoxy) is 1. The molecule has 0 spiro atoms. The van der Waals surface area contributed by atoms with Gasteiger partial charge in [0.15, 0.2) is 4.34 Å². The molecule has 4 nitrogen and oxygen atoms in total. The molecule has 4 rings (SSSR count). The predicted octanol–water partition coefficient (Wildman–Crippen LogP) is 3.24. The average molecular weight is 312 g/mol. The van der Waals surface area contributed by atoms with E-state index in [0.29, 0.717) is 23.0 Å². The van der Waals surface area contributed by atoms with Gasteiger partial charge in [0.2, 0.25) is 0 Å². The van der Waals surface area contributed by atoms with Gasteiger partial charge in [-0.05, 0) is 36.0 Å². The maximum Gasteiger partial charge on any atom is 0.316 e. The molecule has 0 amide bonds. The summed E-state index contributed by atoms with van der Waals surface area (Å²) >= 11 is 2.86. The molecule has 2 bridgehead atoms. The fourth-order valence-corrected chi connectivity index (χ4v) is 5.08. The predicted molar refractivity (Wildman–Crippen MR) is 79.7 cm³/mol. The third kappa shape index (κ3) is 2.48. The summed E-state index contributed by atoms with van der Waals surface area (Å²) in [5.74, 6) is 2.11. The van der Waals surface area contributed by atoms with Crippen molar-refractivity contribution in [3.05, 3.63) is 5.51 Å². The van der Waals surface area contributed by atoms with Gasteiger partial charge in [-0.2, -0.15) is 0 Å². The molecule has 0 unspecified atom stereocenters. The van der Waals surface area contributed by atoms with Crippen molar-refractivity contribution in [2.75, 3.05) is 5.75 Å². The molecule has 110 valence electrons. The summed E-state index contributed by atoms with van der Waals surface area (Å²) in [5, 5.41) is 7.67. The Morgan fingerprint density at radius 2 is 2.35 bits per heavy atom. The fourth-order valence-electron chi connectivity index (χ4n) is 3.81. The minimum absolute atomic E-state index is 0.106. The van der Waals surface area contributed by atoms with Crippen LogP contribution in [0.5, 0.6) is 0 Å². The van der Waals surface area contributed by atoms with E-state index in [9.17, 15) is 4.79 Å². The molecule has 1 heterocycles. The largest absolute Gasteiger partial charge is 0.461 e. The van der Waals surface area contributed by atoms with E-state index in [1.54, 1.807) is 5.51 Å². The number of thioether (sulfide) groups is 1. The molecule has 1 aromatic rings. The van der Waals surface area contributed by atoms with Gasteiger partial charge >= 0.3 is 5.97 Å². The molecule has 3 aliphatic carbocycles. The summed E-state index contributed by atoms with van der Waals surface area (Å²) in [6.07, 6.45) is 2.44. The van der Waals surface area contributed by atoms with E-state index in [4.69, 9.17) is 4.74 Å². The molecule has 3 fully saturated rings. The SMILES string of the molecule is C[C@H]1[C@@H](OC(=O)CSc2nncs2)C[C@H]2C[C@H]1C2(C)C. The second-order valence-corrected chi connectivity index (χ2v) is 8.53. The number of nitrogens with zero attached hydrogens (tertiary/aromatic N) is 2. The van der Waals surface area contributed by atoms with Gasteiger partial charge in [-0.3, -0.25) is 4.79 Å². The Morgan fingerprint density at radius 3 is 2.95 bits per heavy atom. The number of esters is 1. The van der Waals surface area contributed by atoms with Crippen LogP contribution in [-0.2, 0) is 9.53 Å². The van der Waals surface area contributed by atoms with Crippen molar-refractivity contribution in [1.82, 2.24) is 10.2 Å². The quantitative estimate of drug-likeness (QED) is 0.631. The lowest BCUT2D eigenvalue weighted by molar-refractivity contribution is -0.183. The zero-order valence-electron chi connectivity index (χ0n) is 12.0. The molecule has 3 aliphatic rings. The van der Waals surface area contributed by atoms with Gasteiger partial charge in [0.1, 0.15) is 11.6 Å². The lowest BCUT2D eigenvalue weighted by Crippen LogP contribution is -2.57. The van der Waals surface area contributed by atoms with Gasteiger partial charge in [0, 0.05) is 0 Å². The lowest BCUT2D eigenvalue weighted by atomic mass is 9.45. The Balaban J connectivity index is 1.50. The van der Waals surface area contributed by atoms with Crippen LogP contribution < -0.4 is 0 Å². The van der Waals surface area contributed by atoms with Crippen LogP contribution in [0, 0.1) is 23.2 Å². The Labute approximate surface area is 127 Å². The van der Waals surface area contributed by atoms with Crippen molar-refractivity contribution >= 4 is 29.1 Å². The molecule has 20 heavy (non-hydrogen) atoms. The molecule has 0 aromatic carbocycles. The second-order valence-electron chi connectivity index (χ2n) is 6.48. The zero-order valence-corrected chi connectivity index (χ0v) is 13.7. The van der Waals surface area contributed by atoms with E-state index >= 15 is 0 Å². The Kier molecular flexibility index (Phi) is 3.79. The smallest absolute Gasteiger partial charge is 0.316 e. The van der Waals surface area contributed by atoms with Crippen molar-refractivity contribution in [3.8, 4) is 0 Å². The molecule has 4 atom stereocenters. The Bertz CT molecular complexity index is 489. The number of hydrogen-bond acceptors (Lipinski definition) is 6. The summed E-state index contributed by atoms with van der Waals surface area (Å²) in [6.45, 7) is 6.94. The van der Waals surface area contributed by atoms with E-state index in [1.165, 1.54) is 29.5 Å². The highest BCUT2D eigenvalue weighted by molar-refractivity contribution is 8.01. The molecule has 1 aromatic heterocycles. The van der Waals surface area contributed by atoms with Crippen LogP contribution >= 0.6 is 23.1 Å². The van der Waals surface area contributed by atoms with Crippen molar-refractivity contribution < 1.29 is 9.53 Å². The first kappa shape index (κ1) is 14.3. The van der Waals surface area contributed by atoms with Gasteiger partial charge in [0.05, 0.1) is 5.75 Å². The average Bonchev–Trinajstić information content (AvgIpc) is 2.91. The van der Waals surface area contributed by atoms with E-state index < -0.39 is 0 Å². The van der Waals surface area contributed by atoms with E-state index in [2.05, 4.69) is 31.0 Å². The molecule has 0 saturated heterocycles. The van der Waals surface area contributed by atoms with Crippen LogP contribution in [0.25, 0.3) is 0 Å². The highest BCUT2D eigenvalue weighted by Crippen LogP contribution is 2.61. The van der Waals surface area contributed by atoms with E-state index in [1.807, 2.05) is 0 Å². The van der Waals surface area contributed by atoms with Gasteiger partial charge in [-0.25, -0.2) is 0 Å². The van der Waals surface area contributed by atoms with Gasteiger partial charge in [-0.15, -0.1) is 10.2 Å². The van der Waals surface area contributed by atoms with Crippen molar-refractivity contribution in [1.29, 1.82) is 0 Å². The minimum Gasteiger partial charge on any atom is -0.461 e. The summed E-state index contributed by atoms with van der Waals surface area (Å²) in [7, 11) is 0. The maximum absolute atomic E-state index is 11.9. The van der Waals surface area contributed by atoms with Crippen LogP contribution in [0.15, 0.2) is 9.85 Å². The summed E-state index contributed by atoms with van der Waals surface area (Å²) in [4.78, 5) is 11.9. The molecule has 0 N–H and O–H groups in total. The standard InChI is InChI=1S/C14H20N2O2S2/c1-8-10-4-9(14(10,2)3)5-11(8)18-12(17)6-19-13-16-15-7-20-13/h7-11H,4-6H2,1-3H3/t8-,9-,10-,11+/m1/s1. The molecule has 0 aliphatic heterocycles. The Hall–Kier alpha value is -0.620. The number of carbonyl (C=O) groups excluding carboxylic acids is 1. The molecule has 3 saturated carbocycles. The lowest BCUT2D eigenvalue weighted by Gasteiger charge is -2.61. The topological polar surface area (TPSA) is 52.1 Å². The first-order chi connectivity index (χ1) is 9.48. The van der Waals surface area contributed by atoms with Crippen LogP contribution in [0.2, 0.25) is 0 Å². The number of carbonyl (C=O) groups is 1. The molecular weight excluding hydrogens is 292 g/mol. The summed E-state index contributed by atoms with van der Waals surface area (Å²) < 4.78 is 6.51. The summed E-state index contributed by atoms with van der Waals surface area (Å²) in [5.41, 5.74) is 2.11. The first-order valence-electron chi connectivity index (χ1n) is 7.07. The monoisotopic (exact) mass is 312 g/mol. The maximum atomic E-state index is 11.9. The first-order valence-corrected chi connectivity index (χ1v) is 8.93. The highest BCUT2D eigenvalue weighted by atomic mass is 32.2. The van der Waals surface area contributed by atoms with Crippen LogP contribution in [0.3, 0.4) is 0 Å². The number of aromatic nitrogens is 2. The fraction of sp³-hybridized carbons (Fsp3) is 0.786. The minimum atomic E-state index is -0.124. The van der Waals surface area contributed by atoms with Crippen molar-refractivity contribution in [3.63, 3.8) is 0 Å². The highest BCUT2D eigenvalue weighted by Gasteiger charge is 2.57. The van der Waals surface area contributed by atoms with Crippen molar-refractivity contribution in [2.24, 2.45) is 23.2 Å². The van der Waals surface area contributed by atoms with E-state index in [0.717, 1.165) is 16.7 Å². The number of rotatable bonds is 4. The molecule has 0 radical (unpaired) electrons. The van der Waals surface area contributed by atoms with Gasteiger partial charge < -0.3 is 4.74 Å². The van der Waals surface area contributed by atoms with E-state index in [-0.39, 0.29) is 12.1 Å². The second kappa shape index (κ2) is 5.30. The third-order valence-corrected chi connectivity index (χ3v) is 7.05. The van der Waals surface area contributed by atoms with Crippen molar-refractivity contribution in [2.45, 2.75) is 44.1 Å². The number of fused-ring (bicyclic) bond motifs is 2. The number of hydrogen-bond donors (Lipinski definition) is 0. The molecular formula is C14H20N2O2S2. The normalized spacial score (nSPS) is 34.4. The molecule has 6 heteroatoms. The van der Waals surface area contributed by atoms with Gasteiger partial charge in [-0.1, -0.05) is 43.9 Å². The van der Waals surface area contributed by atoms with Gasteiger partial charge in [0.25, 0.3) is 0 Å². The summed E-state index contributed by atoms with van der Waals surface area (Å²) in [6, 6.07) is 0. The zero-order chi connectivity index (χ0) is 14.3. The van der Waals surface area contributed by atoms with Crippen LogP contribution in [0.4, 0.5) is 0 Å². The Morgan fingerprint density at radius 1 is 1.55 bits per heavy atom. The third-order valence-electron chi connectivity index (χ3n) is 5.22.